The van der Waals surface area contributed by atoms with Crippen molar-refractivity contribution in [3.05, 3.63) is 87.9 Å². The first-order valence-electron chi connectivity index (χ1n) is 9.08. The molecule has 3 aromatic carbocycles. The number of benzene rings is 3. The highest BCUT2D eigenvalue weighted by Crippen LogP contribution is 2.30. The number of carbonyl (C=O) groups excluding carboxylic acids is 1. The van der Waals surface area contributed by atoms with Crippen LogP contribution in [-0.2, 0) is 14.8 Å². The summed E-state index contributed by atoms with van der Waals surface area (Å²) in [6.07, 6.45) is 0. The molecule has 156 valence electrons. The molecule has 0 aliphatic heterocycles. The van der Waals surface area contributed by atoms with Gasteiger partial charge in [0.05, 0.1) is 26.3 Å². The Bertz CT molecular complexity index is 1160. The van der Waals surface area contributed by atoms with E-state index in [2.05, 4.69) is 5.32 Å². The molecule has 0 unspecified atom stereocenters. The third kappa shape index (κ3) is 4.95. The standard InChI is InChI=1S/C22H20Cl2N2O3S/c1-15-9-11-18(12-10-15)30(28,29)26(17-6-3-5-16(2)13-17)14-21(27)25-22-19(23)7-4-8-20(22)24/h3-13H,14H2,1-2H3,(H,25,27). The maximum Gasteiger partial charge on any atom is 0.264 e. The fraction of sp³-hybridized carbons (Fsp3) is 0.136. The van der Waals surface area contributed by atoms with Crippen LogP contribution in [0.25, 0.3) is 0 Å². The van der Waals surface area contributed by atoms with E-state index in [1.807, 2.05) is 19.9 Å². The number of aryl methyl sites for hydroxylation is 2. The summed E-state index contributed by atoms with van der Waals surface area (Å²) in [6, 6.07) is 18.3. The number of carbonyl (C=O) groups is 1. The molecule has 0 heterocycles. The third-order valence-electron chi connectivity index (χ3n) is 4.41. The molecule has 30 heavy (non-hydrogen) atoms. The van der Waals surface area contributed by atoms with Crippen LogP contribution in [0.15, 0.2) is 71.6 Å². The Morgan fingerprint density at radius 2 is 1.50 bits per heavy atom. The summed E-state index contributed by atoms with van der Waals surface area (Å²) in [5.74, 6) is -0.567. The fourth-order valence-electron chi connectivity index (χ4n) is 2.86. The first kappa shape index (κ1) is 22.2. The number of nitrogens with one attached hydrogen (secondary N) is 1. The van der Waals surface area contributed by atoms with Crippen molar-refractivity contribution < 1.29 is 13.2 Å². The summed E-state index contributed by atoms with van der Waals surface area (Å²) in [5, 5.41) is 3.14. The van der Waals surface area contributed by atoms with Crippen molar-refractivity contribution in [3.63, 3.8) is 0 Å². The van der Waals surface area contributed by atoms with E-state index >= 15 is 0 Å². The number of anilines is 2. The lowest BCUT2D eigenvalue weighted by atomic mass is 10.2. The highest BCUT2D eigenvalue weighted by molar-refractivity contribution is 7.92. The Morgan fingerprint density at radius 1 is 0.900 bits per heavy atom. The van der Waals surface area contributed by atoms with E-state index in [1.165, 1.54) is 12.1 Å². The van der Waals surface area contributed by atoms with Crippen LogP contribution in [0, 0.1) is 13.8 Å². The number of amides is 1. The van der Waals surface area contributed by atoms with Crippen LogP contribution >= 0.6 is 23.2 Å². The van der Waals surface area contributed by atoms with Crippen molar-refractivity contribution in [2.45, 2.75) is 18.7 Å². The monoisotopic (exact) mass is 462 g/mol. The third-order valence-corrected chi connectivity index (χ3v) is 6.83. The molecule has 0 aromatic heterocycles. The van der Waals surface area contributed by atoms with Gasteiger partial charge in [-0.2, -0.15) is 0 Å². The number of hydrogen-bond donors (Lipinski definition) is 1. The predicted octanol–water partition coefficient (Wildman–Crippen LogP) is 5.44. The summed E-state index contributed by atoms with van der Waals surface area (Å²) in [5.41, 5.74) is 2.42. The van der Waals surface area contributed by atoms with Crippen molar-refractivity contribution in [1.29, 1.82) is 0 Å². The molecule has 0 aliphatic carbocycles. The quantitative estimate of drug-likeness (QED) is 0.529. The van der Waals surface area contributed by atoms with Crippen molar-refractivity contribution in [1.82, 2.24) is 0 Å². The minimum atomic E-state index is -3.99. The summed E-state index contributed by atoms with van der Waals surface area (Å²) in [4.78, 5) is 12.9. The summed E-state index contributed by atoms with van der Waals surface area (Å²) < 4.78 is 27.8. The molecule has 0 atom stereocenters. The molecule has 0 spiro atoms. The zero-order valence-corrected chi connectivity index (χ0v) is 18.7. The summed E-state index contributed by atoms with van der Waals surface area (Å²) in [7, 11) is -3.99. The Kier molecular flexibility index (Phi) is 6.71. The number of rotatable bonds is 6. The number of nitrogens with zero attached hydrogens (tertiary/aromatic N) is 1. The topological polar surface area (TPSA) is 66.5 Å². The van der Waals surface area contributed by atoms with E-state index < -0.39 is 22.5 Å². The first-order valence-corrected chi connectivity index (χ1v) is 11.3. The molecule has 0 aliphatic rings. The zero-order chi connectivity index (χ0) is 21.9. The van der Waals surface area contributed by atoms with Gasteiger partial charge in [0.2, 0.25) is 5.91 Å². The molecule has 0 radical (unpaired) electrons. The maximum absolute atomic E-state index is 13.4. The average molecular weight is 463 g/mol. The number of para-hydroxylation sites is 1. The van der Waals surface area contributed by atoms with E-state index in [9.17, 15) is 13.2 Å². The maximum atomic E-state index is 13.4. The van der Waals surface area contributed by atoms with Gasteiger partial charge in [0, 0.05) is 0 Å². The molecular formula is C22H20Cl2N2O3S. The molecule has 1 N–H and O–H groups in total. The van der Waals surface area contributed by atoms with Crippen LogP contribution in [0.3, 0.4) is 0 Å². The highest BCUT2D eigenvalue weighted by Gasteiger charge is 2.27. The molecule has 0 fully saturated rings. The second kappa shape index (κ2) is 9.08. The number of hydrogen-bond acceptors (Lipinski definition) is 3. The van der Waals surface area contributed by atoms with Gasteiger partial charge in [0.1, 0.15) is 6.54 Å². The fourth-order valence-corrected chi connectivity index (χ4v) is 4.77. The van der Waals surface area contributed by atoms with Gasteiger partial charge in [-0.15, -0.1) is 0 Å². The summed E-state index contributed by atoms with van der Waals surface area (Å²) in [6.45, 7) is 3.28. The second-order valence-corrected chi connectivity index (χ2v) is 9.49. The van der Waals surface area contributed by atoms with Gasteiger partial charge in [-0.1, -0.05) is 59.1 Å². The lowest BCUT2D eigenvalue weighted by Gasteiger charge is -2.24. The molecule has 5 nitrogen and oxygen atoms in total. The van der Waals surface area contributed by atoms with E-state index in [-0.39, 0.29) is 20.6 Å². The van der Waals surface area contributed by atoms with Crippen molar-refractivity contribution in [3.8, 4) is 0 Å². The normalized spacial score (nSPS) is 11.2. The molecule has 3 rings (SSSR count). The molecule has 1 amide bonds. The van der Waals surface area contributed by atoms with Gasteiger partial charge >= 0.3 is 0 Å². The van der Waals surface area contributed by atoms with Crippen LogP contribution in [0.1, 0.15) is 11.1 Å². The summed E-state index contributed by atoms with van der Waals surface area (Å²) >= 11 is 12.2. The molecular weight excluding hydrogens is 443 g/mol. The van der Waals surface area contributed by atoms with Crippen LogP contribution < -0.4 is 9.62 Å². The number of sulfonamides is 1. The lowest BCUT2D eigenvalue weighted by molar-refractivity contribution is -0.114. The smallest absolute Gasteiger partial charge is 0.264 e. The van der Waals surface area contributed by atoms with Crippen LogP contribution in [0.4, 0.5) is 11.4 Å². The molecule has 0 bridgehead atoms. The Labute approximate surface area is 186 Å². The van der Waals surface area contributed by atoms with E-state index in [1.54, 1.807) is 48.5 Å². The van der Waals surface area contributed by atoms with Gasteiger partial charge < -0.3 is 5.32 Å². The van der Waals surface area contributed by atoms with Gasteiger partial charge in [0.25, 0.3) is 10.0 Å². The minimum Gasteiger partial charge on any atom is -0.322 e. The molecule has 0 saturated carbocycles. The average Bonchev–Trinajstić information content (AvgIpc) is 2.69. The van der Waals surface area contributed by atoms with Gasteiger partial charge in [-0.3, -0.25) is 9.10 Å². The van der Waals surface area contributed by atoms with Crippen LogP contribution in [0.2, 0.25) is 10.0 Å². The van der Waals surface area contributed by atoms with Crippen LogP contribution in [-0.4, -0.2) is 20.9 Å². The Hall–Kier alpha value is -2.54. The largest absolute Gasteiger partial charge is 0.322 e. The molecule has 3 aromatic rings. The van der Waals surface area contributed by atoms with Crippen molar-refractivity contribution >= 4 is 50.5 Å². The minimum absolute atomic E-state index is 0.0955. The van der Waals surface area contributed by atoms with E-state index in [0.717, 1.165) is 15.4 Å². The van der Waals surface area contributed by atoms with E-state index in [4.69, 9.17) is 23.2 Å². The predicted molar refractivity (Wildman–Crippen MR) is 122 cm³/mol. The van der Waals surface area contributed by atoms with Crippen molar-refractivity contribution in [2.75, 3.05) is 16.2 Å². The first-order chi connectivity index (χ1) is 14.2. The van der Waals surface area contributed by atoms with Gasteiger partial charge in [0.15, 0.2) is 0 Å². The number of halogens is 2. The Balaban J connectivity index is 1.98. The second-order valence-electron chi connectivity index (χ2n) is 6.81. The van der Waals surface area contributed by atoms with Crippen LogP contribution in [0.5, 0.6) is 0 Å². The zero-order valence-electron chi connectivity index (χ0n) is 16.4. The Morgan fingerprint density at radius 3 is 2.10 bits per heavy atom. The molecule has 0 saturated heterocycles. The van der Waals surface area contributed by atoms with Crippen molar-refractivity contribution in [2.24, 2.45) is 0 Å². The van der Waals surface area contributed by atoms with E-state index in [0.29, 0.717) is 5.69 Å². The van der Waals surface area contributed by atoms with Gasteiger partial charge in [-0.25, -0.2) is 8.42 Å². The lowest BCUT2D eigenvalue weighted by Crippen LogP contribution is -2.38. The highest BCUT2D eigenvalue weighted by atomic mass is 35.5. The molecule has 8 heteroatoms. The SMILES string of the molecule is Cc1ccc(S(=O)(=O)N(CC(=O)Nc2c(Cl)cccc2Cl)c2cccc(C)c2)cc1. The van der Waals surface area contributed by atoms with Gasteiger partial charge in [-0.05, 0) is 55.8 Å².